The molecule has 0 spiro atoms. The topological polar surface area (TPSA) is 150 Å². The molecule has 4 aromatic carbocycles. The van der Waals surface area contributed by atoms with Crippen LogP contribution in [0.1, 0.15) is 90.1 Å². The molecule has 0 bridgehead atoms. The standard InChI is InChI=1S/C48H52O12/c1-6-45(50)56-28-14-10-8-12-26-54-43-25-18-37(32-44(43)55-27-13-9-11-15-29-57-46(51)7-2)48(53)59-38-19-16-36(17-20-38)47(52)60-40-22-24-42(34(4)31-40)41-23-21-39(30-33(41)3)58-35(5)49/h6-7,16-25,30-32H,1-2,8-15,26-29H2,3-5H3. The van der Waals surface area contributed by atoms with Crippen molar-refractivity contribution in [1.82, 2.24) is 0 Å². The second kappa shape index (κ2) is 24.3. The van der Waals surface area contributed by atoms with E-state index in [0.29, 0.717) is 49.4 Å². The van der Waals surface area contributed by atoms with Gasteiger partial charge in [-0.3, -0.25) is 4.79 Å². The summed E-state index contributed by atoms with van der Waals surface area (Å²) in [5.74, 6) is -0.518. The van der Waals surface area contributed by atoms with Gasteiger partial charge in [-0.05, 0) is 154 Å². The zero-order valence-corrected chi connectivity index (χ0v) is 34.5. The Bertz CT molecular complexity index is 2120. The largest absolute Gasteiger partial charge is 0.490 e. The Hall–Kier alpha value is -6.69. The van der Waals surface area contributed by atoms with Crippen molar-refractivity contribution in [2.75, 3.05) is 26.4 Å². The third-order valence-corrected chi connectivity index (χ3v) is 9.05. The second-order valence-corrected chi connectivity index (χ2v) is 13.8. The fourth-order valence-corrected chi connectivity index (χ4v) is 5.97. The Labute approximate surface area is 351 Å². The number of benzene rings is 4. The Morgan fingerprint density at radius 2 is 0.917 bits per heavy atom. The minimum Gasteiger partial charge on any atom is -0.490 e. The molecule has 0 aliphatic rings. The SMILES string of the molecule is C=CC(=O)OCCCCCCOc1ccc(C(=O)Oc2ccc(C(=O)Oc3ccc(-c4ccc(OC(C)=O)cc4C)c(C)c3)cc2)cc1OCCCCCCOC(=O)C=C. The number of carbonyl (C=O) groups is 5. The van der Waals surface area contributed by atoms with E-state index in [1.165, 1.54) is 31.2 Å². The van der Waals surface area contributed by atoms with Crippen LogP contribution in [0, 0.1) is 13.8 Å². The molecule has 0 heterocycles. The number of esters is 5. The highest BCUT2D eigenvalue weighted by Crippen LogP contribution is 2.33. The van der Waals surface area contributed by atoms with E-state index in [-0.39, 0.29) is 22.8 Å². The molecule has 0 amide bonds. The highest BCUT2D eigenvalue weighted by atomic mass is 16.6. The molecule has 0 aliphatic carbocycles. The van der Waals surface area contributed by atoms with Crippen molar-refractivity contribution < 1.29 is 57.1 Å². The van der Waals surface area contributed by atoms with E-state index >= 15 is 0 Å². The summed E-state index contributed by atoms with van der Waals surface area (Å²) >= 11 is 0. The Kier molecular flexibility index (Phi) is 18.6. The normalized spacial score (nSPS) is 10.5. The van der Waals surface area contributed by atoms with Crippen molar-refractivity contribution in [1.29, 1.82) is 0 Å². The van der Waals surface area contributed by atoms with Crippen molar-refractivity contribution in [2.45, 2.75) is 72.1 Å². The van der Waals surface area contributed by atoms with Crippen LogP contribution in [0.3, 0.4) is 0 Å². The lowest BCUT2D eigenvalue weighted by molar-refractivity contribution is -0.138. The van der Waals surface area contributed by atoms with Gasteiger partial charge in [0.25, 0.3) is 0 Å². The molecule has 0 atom stereocenters. The maximum absolute atomic E-state index is 13.3. The average molecular weight is 821 g/mol. The van der Waals surface area contributed by atoms with Crippen molar-refractivity contribution in [3.8, 4) is 39.9 Å². The molecule has 0 aromatic heterocycles. The van der Waals surface area contributed by atoms with Crippen LogP contribution < -0.4 is 23.7 Å². The third kappa shape index (κ3) is 15.2. The number of hydrogen-bond donors (Lipinski definition) is 0. The summed E-state index contributed by atoms with van der Waals surface area (Å²) in [5.41, 5.74) is 4.22. The number of aryl methyl sites for hydroxylation is 2. The second-order valence-electron chi connectivity index (χ2n) is 13.8. The van der Waals surface area contributed by atoms with Crippen LogP contribution in [-0.4, -0.2) is 56.3 Å². The van der Waals surface area contributed by atoms with Gasteiger partial charge < -0.3 is 33.2 Å². The fourth-order valence-electron chi connectivity index (χ4n) is 5.97. The van der Waals surface area contributed by atoms with E-state index in [2.05, 4.69) is 13.2 Å². The summed E-state index contributed by atoms with van der Waals surface area (Å²) in [7, 11) is 0. The predicted octanol–water partition coefficient (Wildman–Crippen LogP) is 9.67. The van der Waals surface area contributed by atoms with Gasteiger partial charge in [-0.15, -0.1) is 0 Å². The lowest BCUT2D eigenvalue weighted by Crippen LogP contribution is -2.11. The smallest absolute Gasteiger partial charge is 0.343 e. The first-order chi connectivity index (χ1) is 29.0. The molecule has 0 unspecified atom stereocenters. The highest BCUT2D eigenvalue weighted by Gasteiger charge is 2.16. The van der Waals surface area contributed by atoms with Gasteiger partial charge in [0.2, 0.25) is 0 Å². The molecule has 12 nitrogen and oxygen atoms in total. The summed E-state index contributed by atoms with van der Waals surface area (Å²) in [6.07, 6.45) is 8.66. The van der Waals surface area contributed by atoms with Crippen LogP contribution >= 0.6 is 0 Å². The van der Waals surface area contributed by atoms with E-state index in [0.717, 1.165) is 85.8 Å². The molecule has 0 saturated heterocycles. The minimum atomic E-state index is -0.625. The van der Waals surface area contributed by atoms with Gasteiger partial charge in [-0.25, -0.2) is 19.2 Å². The van der Waals surface area contributed by atoms with E-state index in [4.69, 9.17) is 33.2 Å². The monoisotopic (exact) mass is 820 g/mol. The maximum Gasteiger partial charge on any atom is 0.343 e. The molecular weight excluding hydrogens is 769 g/mol. The Morgan fingerprint density at radius 3 is 1.42 bits per heavy atom. The van der Waals surface area contributed by atoms with Gasteiger partial charge >= 0.3 is 29.8 Å². The first kappa shape index (κ1) is 46.0. The van der Waals surface area contributed by atoms with Crippen LogP contribution in [-0.2, 0) is 23.9 Å². The predicted molar refractivity (Wildman–Crippen MR) is 226 cm³/mol. The molecule has 0 N–H and O–H groups in total. The van der Waals surface area contributed by atoms with Gasteiger partial charge in [0.15, 0.2) is 11.5 Å². The number of unbranched alkanes of at least 4 members (excludes halogenated alkanes) is 6. The van der Waals surface area contributed by atoms with E-state index in [1.807, 2.05) is 26.0 Å². The van der Waals surface area contributed by atoms with Crippen molar-refractivity contribution >= 4 is 29.8 Å². The van der Waals surface area contributed by atoms with Crippen molar-refractivity contribution in [2.24, 2.45) is 0 Å². The molecule has 0 saturated carbocycles. The van der Waals surface area contributed by atoms with Gasteiger partial charge in [0.1, 0.15) is 17.2 Å². The zero-order chi connectivity index (χ0) is 43.3. The molecule has 0 radical (unpaired) electrons. The van der Waals surface area contributed by atoms with Crippen LogP contribution in [0.25, 0.3) is 11.1 Å². The van der Waals surface area contributed by atoms with E-state index in [1.54, 1.807) is 42.5 Å². The summed E-state index contributed by atoms with van der Waals surface area (Å²) in [4.78, 5) is 60.1. The molecule has 0 fully saturated rings. The zero-order valence-electron chi connectivity index (χ0n) is 34.5. The van der Waals surface area contributed by atoms with Crippen LogP contribution in [0.15, 0.2) is 104 Å². The summed E-state index contributed by atoms with van der Waals surface area (Å²) in [5, 5.41) is 0. The first-order valence-corrected chi connectivity index (χ1v) is 19.9. The van der Waals surface area contributed by atoms with Gasteiger partial charge in [-0.2, -0.15) is 0 Å². The lowest BCUT2D eigenvalue weighted by atomic mass is 9.96. The lowest BCUT2D eigenvalue weighted by Gasteiger charge is -2.14. The maximum atomic E-state index is 13.3. The molecular formula is C48H52O12. The molecule has 0 aliphatic heterocycles. The van der Waals surface area contributed by atoms with Crippen molar-refractivity contribution in [3.05, 3.63) is 126 Å². The molecule has 4 aromatic rings. The first-order valence-electron chi connectivity index (χ1n) is 19.9. The number of hydrogen-bond acceptors (Lipinski definition) is 12. The van der Waals surface area contributed by atoms with Crippen molar-refractivity contribution in [3.63, 3.8) is 0 Å². The fraction of sp³-hybridized carbons (Fsp3) is 0.312. The van der Waals surface area contributed by atoms with Gasteiger partial charge in [-0.1, -0.05) is 25.3 Å². The van der Waals surface area contributed by atoms with Gasteiger partial charge in [0.05, 0.1) is 37.6 Å². The van der Waals surface area contributed by atoms with Crippen LogP contribution in [0.5, 0.6) is 28.7 Å². The van der Waals surface area contributed by atoms with Crippen LogP contribution in [0.4, 0.5) is 0 Å². The molecule has 12 heteroatoms. The average Bonchev–Trinajstić information content (AvgIpc) is 3.23. The quantitative estimate of drug-likeness (QED) is 0.0287. The van der Waals surface area contributed by atoms with Gasteiger partial charge in [0, 0.05) is 19.1 Å². The summed E-state index contributed by atoms with van der Waals surface area (Å²) < 4.78 is 38.6. The Morgan fingerprint density at radius 1 is 0.483 bits per heavy atom. The van der Waals surface area contributed by atoms with Crippen LogP contribution in [0.2, 0.25) is 0 Å². The minimum absolute atomic E-state index is 0.229. The number of ether oxygens (including phenoxy) is 7. The Balaban J connectivity index is 1.33. The van der Waals surface area contributed by atoms with E-state index in [9.17, 15) is 24.0 Å². The summed E-state index contributed by atoms with van der Waals surface area (Å²) in [6, 6.07) is 21.7. The molecule has 60 heavy (non-hydrogen) atoms. The number of carbonyl (C=O) groups excluding carboxylic acids is 5. The number of rotatable bonds is 24. The third-order valence-electron chi connectivity index (χ3n) is 9.05. The highest BCUT2D eigenvalue weighted by molar-refractivity contribution is 5.93. The summed E-state index contributed by atoms with van der Waals surface area (Å²) in [6.45, 7) is 13.4. The molecule has 4 rings (SSSR count). The molecule has 316 valence electrons. The van der Waals surface area contributed by atoms with E-state index < -0.39 is 23.9 Å².